The quantitative estimate of drug-likeness (QED) is 0.827. The Labute approximate surface area is 132 Å². The topological polar surface area (TPSA) is 66.9 Å². The Hall–Kier alpha value is -2.11. The largest absolute Gasteiger partial charge is 0.348 e. The predicted molar refractivity (Wildman–Crippen MR) is 84.3 cm³/mol. The van der Waals surface area contributed by atoms with Crippen molar-refractivity contribution in [1.82, 2.24) is 15.3 Å². The summed E-state index contributed by atoms with van der Waals surface area (Å²) in [5, 5.41) is 6.39. The molecule has 0 radical (unpaired) electrons. The molecule has 0 saturated carbocycles. The summed E-state index contributed by atoms with van der Waals surface area (Å²) in [6.07, 6.45) is 4.44. The number of carbonyl (C=O) groups is 1. The molecule has 0 saturated heterocycles. The molecular formula is C14H12Cl2N4O. The van der Waals surface area contributed by atoms with Gasteiger partial charge in [0.05, 0.1) is 21.3 Å². The second-order valence-electron chi connectivity index (χ2n) is 4.02. The van der Waals surface area contributed by atoms with E-state index in [1.54, 1.807) is 24.3 Å². The number of benzene rings is 1. The van der Waals surface area contributed by atoms with Gasteiger partial charge in [0, 0.05) is 18.9 Å². The smallest absolute Gasteiger partial charge is 0.254 e. The lowest BCUT2D eigenvalue weighted by atomic mass is 10.3. The van der Waals surface area contributed by atoms with E-state index in [0.717, 1.165) is 0 Å². The zero-order valence-corrected chi connectivity index (χ0v) is 12.4. The molecule has 1 heterocycles. The average molecular weight is 323 g/mol. The molecule has 0 unspecified atom stereocenters. The van der Waals surface area contributed by atoms with Crippen molar-refractivity contribution in [3.05, 3.63) is 58.9 Å². The predicted octanol–water partition coefficient (Wildman–Crippen LogP) is 3.44. The monoisotopic (exact) mass is 322 g/mol. The molecule has 0 bridgehead atoms. The van der Waals surface area contributed by atoms with Gasteiger partial charge in [-0.3, -0.25) is 4.79 Å². The number of aromatic nitrogens is 2. The van der Waals surface area contributed by atoms with Crippen LogP contribution in [-0.2, 0) is 0 Å². The Kier molecular flexibility index (Phi) is 5.14. The molecule has 0 fully saturated rings. The Morgan fingerprint density at radius 1 is 1.29 bits per heavy atom. The Morgan fingerprint density at radius 2 is 2.00 bits per heavy atom. The Balaban J connectivity index is 2.10. The number of amides is 1. The number of halogens is 2. The molecule has 1 amide bonds. The van der Waals surface area contributed by atoms with E-state index in [-0.39, 0.29) is 5.91 Å². The van der Waals surface area contributed by atoms with E-state index < -0.39 is 0 Å². The van der Waals surface area contributed by atoms with Crippen LogP contribution < -0.4 is 10.6 Å². The molecule has 7 heteroatoms. The third-order valence-corrected chi connectivity index (χ3v) is 3.34. The summed E-state index contributed by atoms with van der Waals surface area (Å²) in [6, 6.07) is 5.19. The fourth-order valence-electron chi connectivity index (χ4n) is 1.50. The van der Waals surface area contributed by atoms with Crippen molar-refractivity contribution in [3.8, 4) is 0 Å². The maximum atomic E-state index is 11.7. The standard InChI is InChI=1S/C14H12Cl2N4O/c1-2-6-17-13(21)9-7-18-14(19-8-9)20-11-5-3-4-10(15)12(11)16/h2-5,7-8H,1,6H2,(H,17,21)(H,18,19,20). The molecule has 21 heavy (non-hydrogen) atoms. The molecule has 1 aromatic heterocycles. The molecule has 1 aromatic carbocycles. The maximum Gasteiger partial charge on any atom is 0.254 e. The first kappa shape index (κ1) is 15.3. The Morgan fingerprint density at radius 3 is 2.67 bits per heavy atom. The number of rotatable bonds is 5. The normalized spacial score (nSPS) is 10.0. The lowest BCUT2D eigenvalue weighted by Gasteiger charge is -2.08. The van der Waals surface area contributed by atoms with Gasteiger partial charge in [-0.2, -0.15) is 0 Å². The molecule has 0 atom stereocenters. The van der Waals surface area contributed by atoms with Crippen molar-refractivity contribution >= 4 is 40.7 Å². The highest BCUT2D eigenvalue weighted by atomic mass is 35.5. The van der Waals surface area contributed by atoms with Crippen molar-refractivity contribution < 1.29 is 4.79 Å². The van der Waals surface area contributed by atoms with E-state index >= 15 is 0 Å². The summed E-state index contributed by atoms with van der Waals surface area (Å²) in [5.74, 6) is 0.0571. The summed E-state index contributed by atoms with van der Waals surface area (Å²) in [4.78, 5) is 19.8. The van der Waals surface area contributed by atoms with Crippen LogP contribution in [0.1, 0.15) is 10.4 Å². The first-order valence-electron chi connectivity index (χ1n) is 6.04. The summed E-state index contributed by atoms with van der Waals surface area (Å²) < 4.78 is 0. The number of nitrogens with zero attached hydrogens (tertiary/aromatic N) is 2. The van der Waals surface area contributed by atoms with Crippen molar-refractivity contribution in [2.75, 3.05) is 11.9 Å². The number of nitrogens with one attached hydrogen (secondary N) is 2. The molecule has 0 aliphatic heterocycles. The van der Waals surface area contributed by atoms with Gasteiger partial charge >= 0.3 is 0 Å². The van der Waals surface area contributed by atoms with Gasteiger partial charge in [-0.15, -0.1) is 6.58 Å². The minimum absolute atomic E-state index is 0.262. The first-order valence-corrected chi connectivity index (χ1v) is 6.79. The van der Waals surface area contributed by atoms with E-state index in [4.69, 9.17) is 23.2 Å². The van der Waals surface area contributed by atoms with Crippen molar-refractivity contribution in [2.24, 2.45) is 0 Å². The van der Waals surface area contributed by atoms with Gasteiger partial charge in [-0.25, -0.2) is 9.97 Å². The molecule has 0 aliphatic rings. The van der Waals surface area contributed by atoms with Gasteiger partial charge in [-0.05, 0) is 12.1 Å². The molecule has 108 valence electrons. The first-order chi connectivity index (χ1) is 10.1. The number of anilines is 2. The fourth-order valence-corrected chi connectivity index (χ4v) is 1.85. The number of hydrogen-bond donors (Lipinski definition) is 2. The lowest BCUT2D eigenvalue weighted by molar-refractivity contribution is 0.0957. The van der Waals surface area contributed by atoms with Crippen molar-refractivity contribution in [2.45, 2.75) is 0 Å². The second kappa shape index (κ2) is 7.06. The van der Waals surface area contributed by atoms with Crippen LogP contribution in [0.3, 0.4) is 0 Å². The van der Waals surface area contributed by atoms with Crippen LogP contribution in [-0.4, -0.2) is 22.4 Å². The molecule has 2 N–H and O–H groups in total. The molecule has 2 aromatic rings. The molecule has 5 nitrogen and oxygen atoms in total. The number of carbonyl (C=O) groups excluding carboxylic acids is 1. The Bertz CT molecular complexity index is 659. The van der Waals surface area contributed by atoms with E-state index in [9.17, 15) is 4.79 Å². The summed E-state index contributed by atoms with van der Waals surface area (Å²) >= 11 is 12.0. The minimum Gasteiger partial charge on any atom is -0.348 e. The third kappa shape index (κ3) is 3.93. The van der Waals surface area contributed by atoms with E-state index in [2.05, 4.69) is 27.2 Å². The van der Waals surface area contributed by atoms with E-state index in [1.165, 1.54) is 12.4 Å². The minimum atomic E-state index is -0.262. The zero-order chi connectivity index (χ0) is 15.2. The highest BCUT2D eigenvalue weighted by Crippen LogP contribution is 2.30. The van der Waals surface area contributed by atoms with E-state index in [0.29, 0.717) is 33.8 Å². The van der Waals surface area contributed by atoms with Crippen LogP contribution in [0.25, 0.3) is 0 Å². The van der Waals surface area contributed by atoms with E-state index in [1.807, 2.05) is 0 Å². The van der Waals surface area contributed by atoms with Crippen LogP contribution in [0.4, 0.5) is 11.6 Å². The van der Waals surface area contributed by atoms with Gasteiger partial charge < -0.3 is 10.6 Å². The van der Waals surface area contributed by atoms with Crippen molar-refractivity contribution in [1.29, 1.82) is 0 Å². The lowest BCUT2D eigenvalue weighted by Crippen LogP contribution is -2.23. The van der Waals surface area contributed by atoms with Crippen LogP contribution in [0.5, 0.6) is 0 Å². The van der Waals surface area contributed by atoms with Crippen LogP contribution in [0, 0.1) is 0 Å². The highest BCUT2D eigenvalue weighted by Gasteiger charge is 2.08. The van der Waals surface area contributed by atoms with Gasteiger partial charge in [0.15, 0.2) is 0 Å². The second-order valence-corrected chi connectivity index (χ2v) is 4.81. The summed E-state index contributed by atoms with van der Waals surface area (Å²) in [5.41, 5.74) is 0.951. The number of hydrogen-bond acceptors (Lipinski definition) is 4. The highest BCUT2D eigenvalue weighted by molar-refractivity contribution is 6.43. The van der Waals surface area contributed by atoms with Crippen molar-refractivity contribution in [3.63, 3.8) is 0 Å². The zero-order valence-electron chi connectivity index (χ0n) is 10.9. The van der Waals surface area contributed by atoms with Gasteiger partial charge in [0.1, 0.15) is 0 Å². The molecular weight excluding hydrogens is 311 g/mol. The molecule has 0 aliphatic carbocycles. The van der Waals surface area contributed by atoms with Gasteiger partial charge in [-0.1, -0.05) is 35.3 Å². The van der Waals surface area contributed by atoms with Crippen LogP contribution in [0.2, 0.25) is 10.0 Å². The van der Waals surface area contributed by atoms with Gasteiger partial charge in [0.25, 0.3) is 5.91 Å². The fraction of sp³-hybridized carbons (Fsp3) is 0.0714. The average Bonchev–Trinajstić information content (AvgIpc) is 2.50. The SMILES string of the molecule is C=CCNC(=O)c1cnc(Nc2cccc(Cl)c2Cl)nc1. The molecule has 2 rings (SSSR count). The summed E-state index contributed by atoms with van der Waals surface area (Å²) in [7, 11) is 0. The van der Waals surface area contributed by atoms with Gasteiger partial charge in [0.2, 0.25) is 5.95 Å². The van der Waals surface area contributed by atoms with Crippen LogP contribution in [0.15, 0.2) is 43.2 Å². The third-order valence-electron chi connectivity index (χ3n) is 2.52. The maximum absolute atomic E-state index is 11.7. The van der Waals surface area contributed by atoms with Crippen LogP contribution >= 0.6 is 23.2 Å². The molecule has 0 spiro atoms. The summed E-state index contributed by atoms with van der Waals surface area (Å²) in [6.45, 7) is 3.91.